The molecule has 0 fully saturated rings. The molecule has 2 heterocycles. The summed E-state index contributed by atoms with van der Waals surface area (Å²) < 4.78 is 46.0. The van der Waals surface area contributed by atoms with Gasteiger partial charge in [-0.2, -0.15) is 0 Å². The number of anilines is 1. The van der Waals surface area contributed by atoms with Crippen LogP contribution in [-0.4, -0.2) is 118 Å². The molecule has 1 aliphatic rings. The maximum absolute atomic E-state index is 13.5. The predicted molar refractivity (Wildman–Crippen MR) is 222 cm³/mol. The van der Waals surface area contributed by atoms with Gasteiger partial charge >= 0.3 is 5.97 Å². The molecule has 0 saturated heterocycles. The molecule has 5 rings (SSSR count). The van der Waals surface area contributed by atoms with Gasteiger partial charge in [-0.25, -0.2) is 0 Å². The molecule has 0 spiro atoms. The number of amides is 1. The summed E-state index contributed by atoms with van der Waals surface area (Å²) in [7, 11) is 1.62. The van der Waals surface area contributed by atoms with Crippen molar-refractivity contribution in [2.45, 2.75) is 52.2 Å². The molecule has 1 aromatic heterocycles. The van der Waals surface area contributed by atoms with Crippen LogP contribution < -0.4 is 14.8 Å². The third-order valence-electron chi connectivity index (χ3n) is 8.62. The Hall–Kier alpha value is -4.90. The highest BCUT2D eigenvalue weighted by molar-refractivity contribution is 6.30. The van der Waals surface area contributed by atoms with E-state index in [1.54, 1.807) is 31.4 Å². The number of benzene rings is 3. The van der Waals surface area contributed by atoms with Gasteiger partial charge in [0.25, 0.3) is 0 Å². The molecule has 0 aliphatic carbocycles. The van der Waals surface area contributed by atoms with E-state index in [-0.39, 0.29) is 24.7 Å². The molecular weight excluding hydrogens is 782 g/mol. The van der Waals surface area contributed by atoms with Crippen molar-refractivity contribution >= 4 is 34.9 Å². The molecule has 1 N–H and O–H groups in total. The number of nitrogens with one attached hydrogen (secondary N) is 1. The van der Waals surface area contributed by atoms with E-state index in [4.69, 9.17) is 54.5 Å². The van der Waals surface area contributed by atoms with Gasteiger partial charge in [-0.05, 0) is 82.3 Å². The molecule has 1 aliphatic heterocycles. The minimum atomic E-state index is -0.630. The summed E-state index contributed by atoms with van der Waals surface area (Å²) in [5.41, 5.74) is 3.32. The first kappa shape index (κ1) is 45.2. The summed E-state index contributed by atoms with van der Waals surface area (Å²) >= 11 is 6.22. The minimum absolute atomic E-state index is 0.0275. The van der Waals surface area contributed by atoms with Crippen molar-refractivity contribution in [1.29, 1.82) is 0 Å². The third kappa shape index (κ3) is 14.7. The van der Waals surface area contributed by atoms with Gasteiger partial charge in [0.15, 0.2) is 5.82 Å². The van der Waals surface area contributed by atoms with Crippen LogP contribution in [0.4, 0.5) is 5.69 Å². The smallest absolute Gasteiger partial charge is 0.308 e. The third-order valence-corrected chi connectivity index (χ3v) is 8.87. The first-order valence-corrected chi connectivity index (χ1v) is 20.0. The fourth-order valence-corrected chi connectivity index (χ4v) is 6.07. The quantitative estimate of drug-likeness (QED) is 0.0616. The number of aromatic nitrogens is 3. The number of halogens is 1. The van der Waals surface area contributed by atoms with Crippen LogP contribution in [0.5, 0.6) is 11.5 Å². The van der Waals surface area contributed by atoms with Gasteiger partial charge in [0.05, 0.1) is 97.4 Å². The average Bonchev–Trinajstić information content (AvgIpc) is 3.53. The highest BCUT2D eigenvalue weighted by Crippen LogP contribution is 2.34. The number of methoxy groups -OCH3 is 1. The molecule has 16 heteroatoms. The lowest BCUT2D eigenvalue weighted by Gasteiger charge is -2.19. The Morgan fingerprint density at radius 2 is 1.32 bits per heavy atom. The standard InChI is InChI=1S/C43H54ClN5O10/c1-30-47-48-42-37(46-41(31-6-8-32(44)9-7-31)36-28-35(52-5)14-15-38(36)49(30)42)29-39(50)45-33-10-12-34(13-11-33)58-27-26-57-25-24-56-23-22-55-21-20-54-19-18-53-17-16-40(51)59-43(2,3)4/h6-15,28,37H,16-27,29H2,1-5H3,(H,45,50)/t37-/m0/s1. The molecule has 1 amide bonds. The number of ether oxygens (including phenoxy) is 8. The molecule has 0 radical (unpaired) electrons. The van der Waals surface area contributed by atoms with Gasteiger partial charge in [0.1, 0.15) is 35.6 Å². The summed E-state index contributed by atoms with van der Waals surface area (Å²) in [4.78, 5) is 30.2. The monoisotopic (exact) mass is 835 g/mol. The summed E-state index contributed by atoms with van der Waals surface area (Å²) in [5.74, 6) is 2.04. The molecule has 3 aromatic carbocycles. The van der Waals surface area contributed by atoms with Crippen LogP contribution in [-0.2, 0) is 38.0 Å². The lowest BCUT2D eigenvalue weighted by molar-refractivity contribution is -0.156. The van der Waals surface area contributed by atoms with Crippen molar-refractivity contribution in [3.8, 4) is 17.2 Å². The van der Waals surface area contributed by atoms with Crippen molar-refractivity contribution < 1.29 is 47.5 Å². The van der Waals surface area contributed by atoms with Crippen molar-refractivity contribution in [3.63, 3.8) is 0 Å². The van der Waals surface area contributed by atoms with E-state index in [1.807, 2.05) is 74.7 Å². The number of rotatable bonds is 24. The Morgan fingerprint density at radius 1 is 0.746 bits per heavy atom. The zero-order valence-corrected chi connectivity index (χ0v) is 35.1. The Bertz CT molecular complexity index is 1960. The summed E-state index contributed by atoms with van der Waals surface area (Å²) in [6, 6.07) is 19.7. The average molecular weight is 836 g/mol. The topological polar surface area (TPSA) is 163 Å². The summed E-state index contributed by atoms with van der Waals surface area (Å²) in [6.45, 7) is 11.9. The summed E-state index contributed by atoms with van der Waals surface area (Å²) in [6.07, 6.45) is 0.243. The molecule has 15 nitrogen and oxygen atoms in total. The van der Waals surface area contributed by atoms with Gasteiger partial charge in [-0.15, -0.1) is 10.2 Å². The van der Waals surface area contributed by atoms with Gasteiger partial charge in [-0.1, -0.05) is 23.7 Å². The second kappa shape index (κ2) is 23.0. The van der Waals surface area contributed by atoms with Gasteiger partial charge < -0.3 is 43.2 Å². The molecule has 0 bridgehead atoms. The van der Waals surface area contributed by atoms with Gasteiger partial charge in [0.2, 0.25) is 5.91 Å². The number of aliphatic imine (C=N–C) groups is 1. The van der Waals surface area contributed by atoms with E-state index in [2.05, 4.69) is 15.5 Å². The minimum Gasteiger partial charge on any atom is -0.497 e. The predicted octanol–water partition coefficient (Wildman–Crippen LogP) is 6.35. The van der Waals surface area contributed by atoms with Crippen LogP contribution in [0.25, 0.3) is 5.69 Å². The van der Waals surface area contributed by atoms with Gasteiger partial charge in [-0.3, -0.25) is 19.1 Å². The van der Waals surface area contributed by atoms with Crippen molar-refractivity contribution in [2.75, 3.05) is 85.1 Å². The lowest BCUT2D eigenvalue weighted by Crippen LogP contribution is -2.24. The first-order valence-electron chi connectivity index (χ1n) is 19.6. The molecule has 0 unspecified atom stereocenters. The number of hydrogen-bond acceptors (Lipinski definition) is 13. The fraction of sp³-hybridized carbons (Fsp3) is 0.465. The zero-order valence-electron chi connectivity index (χ0n) is 34.4. The SMILES string of the molecule is COc1ccc2c(c1)C(c1ccc(Cl)cc1)=N[C@@H](CC(=O)Nc1ccc(OCCOCCOCCOCCOCCOCCC(=O)OC(C)(C)C)cc1)c1nnc(C)n1-2. The Kier molecular flexibility index (Phi) is 17.6. The largest absolute Gasteiger partial charge is 0.497 e. The van der Waals surface area contributed by atoms with E-state index < -0.39 is 11.6 Å². The number of carbonyl (C=O) groups excluding carboxylic acids is 2. The van der Waals surface area contributed by atoms with E-state index >= 15 is 0 Å². The normalized spacial score (nSPS) is 13.5. The zero-order chi connectivity index (χ0) is 42.0. The number of carbonyl (C=O) groups is 2. The fourth-order valence-electron chi connectivity index (χ4n) is 5.95. The van der Waals surface area contributed by atoms with E-state index in [1.165, 1.54) is 0 Å². The second-order valence-electron chi connectivity index (χ2n) is 14.3. The Balaban J connectivity index is 0.959. The van der Waals surface area contributed by atoms with Crippen molar-refractivity contribution in [3.05, 3.63) is 94.5 Å². The second-order valence-corrected chi connectivity index (χ2v) is 14.8. The number of nitrogens with zero attached hydrogens (tertiary/aromatic N) is 4. The molecule has 0 saturated carbocycles. The highest BCUT2D eigenvalue weighted by Gasteiger charge is 2.30. The maximum atomic E-state index is 13.5. The van der Waals surface area contributed by atoms with E-state index in [0.29, 0.717) is 112 Å². The van der Waals surface area contributed by atoms with Crippen LogP contribution in [0.15, 0.2) is 71.7 Å². The maximum Gasteiger partial charge on any atom is 0.308 e. The number of aryl methyl sites for hydroxylation is 1. The van der Waals surface area contributed by atoms with Crippen LogP contribution in [0.3, 0.4) is 0 Å². The Labute approximate surface area is 350 Å². The van der Waals surface area contributed by atoms with Gasteiger partial charge in [0, 0.05) is 21.8 Å². The number of esters is 1. The van der Waals surface area contributed by atoms with E-state index in [9.17, 15) is 9.59 Å². The highest BCUT2D eigenvalue weighted by atomic mass is 35.5. The molecule has 4 aromatic rings. The molecule has 1 atom stereocenters. The molecule has 318 valence electrons. The van der Waals surface area contributed by atoms with Crippen LogP contribution >= 0.6 is 11.6 Å². The van der Waals surface area contributed by atoms with Crippen molar-refractivity contribution in [1.82, 2.24) is 14.8 Å². The van der Waals surface area contributed by atoms with Crippen LogP contribution in [0.1, 0.15) is 62.4 Å². The molecular formula is C43H54ClN5O10. The van der Waals surface area contributed by atoms with Crippen LogP contribution in [0.2, 0.25) is 5.02 Å². The Morgan fingerprint density at radius 3 is 1.92 bits per heavy atom. The molecule has 59 heavy (non-hydrogen) atoms. The summed E-state index contributed by atoms with van der Waals surface area (Å²) in [5, 5.41) is 12.4. The lowest BCUT2D eigenvalue weighted by atomic mass is 10.00. The van der Waals surface area contributed by atoms with E-state index in [0.717, 1.165) is 16.8 Å². The number of fused-ring (bicyclic) bond motifs is 3. The van der Waals surface area contributed by atoms with Crippen molar-refractivity contribution in [2.24, 2.45) is 4.99 Å². The number of hydrogen-bond donors (Lipinski definition) is 1. The van der Waals surface area contributed by atoms with Crippen LogP contribution in [0, 0.1) is 6.92 Å². The first-order chi connectivity index (χ1) is 28.5.